The Labute approximate surface area is 184 Å². The molecule has 0 aromatic heterocycles. The molecule has 8 nitrogen and oxygen atoms in total. The van der Waals surface area contributed by atoms with Gasteiger partial charge in [-0.05, 0) is 57.8 Å². The summed E-state index contributed by atoms with van der Waals surface area (Å²) in [5, 5.41) is 0. The molecule has 1 amide bonds. The van der Waals surface area contributed by atoms with Gasteiger partial charge >= 0.3 is 0 Å². The lowest BCUT2D eigenvalue weighted by atomic mass is 9.95. The zero-order valence-corrected chi connectivity index (χ0v) is 19.6. The number of sulfonamides is 2. The third-order valence-electron chi connectivity index (χ3n) is 5.24. The lowest BCUT2D eigenvalue weighted by molar-refractivity contribution is -0.123. The van der Waals surface area contributed by atoms with E-state index in [1.807, 2.05) is 49.3 Å². The number of carbonyl (C=O) groups is 1. The average molecular weight is 466 g/mol. The smallest absolute Gasteiger partial charge is 0.247 e. The fourth-order valence-corrected chi connectivity index (χ4v) is 6.71. The van der Waals surface area contributed by atoms with E-state index in [0.717, 1.165) is 9.87 Å². The van der Waals surface area contributed by atoms with Gasteiger partial charge in [0.05, 0.1) is 21.8 Å². The van der Waals surface area contributed by atoms with Crippen molar-refractivity contribution in [3.8, 4) is 0 Å². The van der Waals surface area contributed by atoms with Crippen LogP contribution in [0.25, 0.3) is 0 Å². The first kappa shape index (κ1) is 23.4. The topological polar surface area (TPSA) is 104 Å². The van der Waals surface area contributed by atoms with Crippen LogP contribution in [0.5, 0.6) is 0 Å². The van der Waals surface area contributed by atoms with Gasteiger partial charge in [0.15, 0.2) is 0 Å². The molecular formula is C21H27N3O5S2. The SMILES string of the molecule is CN(C)[C@@H](CNS(=O)(=O)c1ccc(N2C(=O)C(C)(C)CS2(=O)=O)cc1)c1ccccc1. The molecule has 0 radical (unpaired) electrons. The van der Waals surface area contributed by atoms with Crippen LogP contribution in [-0.4, -0.2) is 54.0 Å². The predicted molar refractivity (Wildman–Crippen MR) is 120 cm³/mol. The Hall–Kier alpha value is -2.27. The molecule has 1 aliphatic heterocycles. The van der Waals surface area contributed by atoms with Crippen molar-refractivity contribution in [1.29, 1.82) is 0 Å². The lowest BCUT2D eigenvalue weighted by Gasteiger charge is -2.25. The zero-order chi connectivity index (χ0) is 23.0. The van der Waals surface area contributed by atoms with E-state index in [0.29, 0.717) is 0 Å². The van der Waals surface area contributed by atoms with Gasteiger partial charge in [0.1, 0.15) is 0 Å². The lowest BCUT2D eigenvalue weighted by Crippen LogP contribution is -2.34. The fraction of sp³-hybridized carbons (Fsp3) is 0.381. The molecule has 2 aromatic rings. The summed E-state index contributed by atoms with van der Waals surface area (Å²) in [6.07, 6.45) is 0. The van der Waals surface area contributed by atoms with Gasteiger partial charge < -0.3 is 4.90 Å². The summed E-state index contributed by atoms with van der Waals surface area (Å²) in [4.78, 5) is 14.4. The predicted octanol–water partition coefficient (Wildman–Crippen LogP) is 1.97. The molecule has 0 unspecified atom stereocenters. The molecule has 1 heterocycles. The maximum atomic E-state index is 12.8. The number of nitrogens with zero attached hydrogens (tertiary/aromatic N) is 2. The van der Waals surface area contributed by atoms with Crippen molar-refractivity contribution in [3.05, 3.63) is 60.2 Å². The van der Waals surface area contributed by atoms with E-state index in [4.69, 9.17) is 0 Å². The minimum absolute atomic E-state index is 0.00915. The normalized spacial score (nSPS) is 19.0. The second kappa shape index (κ2) is 8.34. The summed E-state index contributed by atoms with van der Waals surface area (Å²) < 4.78 is 53.8. The third kappa shape index (κ3) is 4.82. The molecule has 31 heavy (non-hydrogen) atoms. The van der Waals surface area contributed by atoms with Gasteiger partial charge in [-0.1, -0.05) is 30.3 Å². The highest BCUT2D eigenvalue weighted by atomic mass is 32.2. The van der Waals surface area contributed by atoms with Crippen molar-refractivity contribution < 1.29 is 21.6 Å². The second-order valence-electron chi connectivity index (χ2n) is 8.45. The highest BCUT2D eigenvalue weighted by Crippen LogP contribution is 2.36. The minimum Gasteiger partial charge on any atom is -0.301 e. The van der Waals surface area contributed by atoms with Crippen molar-refractivity contribution in [2.75, 3.05) is 30.7 Å². The zero-order valence-electron chi connectivity index (χ0n) is 17.9. The molecule has 1 N–H and O–H groups in total. The molecule has 0 saturated carbocycles. The summed E-state index contributed by atoms with van der Waals surface area (Å²) in [5.74, 6) is -0.816. The van der Waals surface area contributed by atoms with E-state index in [2.05, 4.69) is 4.72 Å². The molecule has 1 saturated heterocycles. The van der Waals surface area contributed by atoms with E-state index in [1.165, 1.54) is 24.3 Å². The van der Waals surface area contributed by atoms with E-state index in [9.17, 15) is 21.6 Å². The number of amides is 1. The number of anilines is 1. The summed E-state index contributed by atoms with van der Waals surface area (Å²) in [5.41, 5.74) is 0.0833. The van der Waals surface area contributed by atoms with Crippen LogP contribution < -0.4 is 9.03 Å². The summed E-state index contributed by atoms with van der Waals surface area (Å²) >= 11 is 0. The Morgan fingerprint density at radius 2 is 1.65 bits per heavy atom. The van der Waals surface area contributed by atoms with Crippen LogP contribution in [0, 0.1) is 5.41 Å². The highest BCUT2D eigenvalue weighted by molar-refractivity contribution is 7.94. The van der Waals surface area contributed by atoms with E-state index in [-0.39, 0.29) is 28.9 Å². The molecule has 10 heteroatoms. The molecule has 0 spiro atoms. The number of carbonyl (C=O) groups excluding carboxylic acids is 1. The van der Waals surface area contributed by atoms with Crippen LogP contribution in [0.4, 0.5) is 5.69 Å². The Balaban J connectivity index is 1.79. The van der Waals surface area contributed by atoms with Gasteiger partial charge in [0.25, 0.3) is 0 Å². The number of rotatable bonds is 7. The number of hydrogen-bond donors (Lipinski definition) is 1. The van der Waals surface area contributed by atoms with Crippen LogP contribution >= 0.6 is 0 Å². The molecule has 1 aliphatic rings. The van der Waals surface area contributed by atoms with Gasteiger partial charge in [0.2, 0.25) is 26.0 Å². The molecule has 0 bridgehead atoms. The average Bonchev–Trinajstić information content (AvgIpc) is 2.85. The first-order valence-electron chi connectivity index (χ1n) is 9.74. The van der Waals surface area contributed by atoms with Crippen molar-refractivity contribution in [2.24, 2.45) is 5.41 Å². The first-order chi connectivity index (χ1) is 14.3. The van der Waals surface area contributed by atoms with E-state index >= 15 is 0 Å². The quantitative estimate of drug-likeness (QED) is 0.671. The molecule has 0 aliphatic carbocycles. The first-order valence-corrected chi connectivity index (χ1v) is 12.8. The molecule has 168 valence electrons. The van der Waals surface area contributed by atoms with E-state index in [1.54, 1.807) is 13.8 Å². The number of hydrogen-bond acceptors (Lipinski definition) is 6. The number of nitrogens with one attached hydrogen (secondary N) is 1. The van der Waals surface area contributed by atoms with Crippen molar-refractivity contribution in [3.63, 3.8) is 0 Å². The third-order valence-corrected chi connectivity index (χ3v) is 8.70. The van der Waals surface area contributed by atoms with Crippen LogP contribution in [0.2, 0.25) is 0 Å². The van der Waals surface area contributed by atoms with Crippen LogP contribution in [-0.2, 0) is 24.8 Å². The van der Waals surface area contributed by atoms with Gasteiger partial charge in [-0.25, -0.2) is 25.9 Å². The molecule has 1 fully saturated rings. The Kier molecular flexibility index (Phi) is 6.30. The van der Waals surface area contributed by atoms with Crippen molar-refractivity contribution >= 4 is 31.6 Å². The minimum atomic E-state index is -3.83. The Morgan fingerprint density at radius 3 is 2.13 bits per heavy atom. The molecular weight excluding hydrogens is 438 g/mol. The van der Waals surface area contributed by atoms with Gasteiger partial charge in [-0.3, -0.25) is 4.79 Å². The van der Waals surface area contributed by atoms with E-state index < -0.39 is 31.4 Å². The van der Waals surface area contributed by atoms with Crippen LogP contribution in [0.15, 0.2) is 59.5 Å². The summed E-state index contributed by atoms with van der Waals surface area (Å²) in [7, 11) is -3.88. The van der Waals surface area contributed by atoms with Crippen molar-refractivity contribution in [1.82, 2.24) is 9.62 Å². The number of likely N-dealkylation sites (N-methyl/N-ethyl adjacent to an activating group) is 1. The monoisotopic (exact) mass is 465 g/mol. The molecule has 2 aromatic carbocycles. The fourth-order valence-electron chi connectivity index (χ4n) is 3.57. The van der Waals surface area contributed by atoms with Gasteiger partial charge in [-0.2, -0.15) is 0 Å². The maximum absolute atomic E-state index is 12.8. The summed E-state index contributed by atoms with van der Waals surface area (Å²) in [6.45, 7) is 3.31. The van der Waals surface area contributed by atoms with Crippen LogP contribution in [0.3, 0.4) is 0 Å². The molecule has 3 rings (SSSR count). The summed E-state index contributed by atoms with van der Waals surface area (Å²) in [6, 6.07) is 14.7. The second-order valence-corrected chi connectivity index (χ2v) is 12.0. The highest BCUT2D eigenvalue weighted by Gasteiger charge is 2.49. The van der Waals surface area contributed by atoms with Gasteiger partial charge in [-0.15, -0.1) is 0 Å². The largest absolute Gasteiger partial charge is 0.301 e. The Morgan fingerprint density at radius 1 is 1.06 bits per heavy atom. The van der Waals surface area contributed by atoms with Crippen LogP contribution in [0.1, 0.15) is 25.5 Å². The number of benzene rings is 2. The Bertz CT molecular complexity index is 1160. The van der Waals surface area contributed by atoms with Crippen molar-refractivity contribution in [2.45, 2.75) is 24.8 Å². The maximum Gasteiger partial charge on any atom is 0.247 e. The molecule has 1 atom stereocenters. The van der Waals surface area contributed by atoms with Gasteiger partial charge in [0, 0.05) is 12.6 Å². The standard InChI is InChI=1S/C21H27N3O5S2/c1-21(2)15-30(26,27)24(20(21)25)17-10-12-18(13-11-17)31(28,29)22-14-19(23(3)4)16-8-6-5-7-9-16/h5-13,19,22H,14-15H2,1-4H3/t19-/m0/s1.